The molecule has 0 radical (unpaired) electrons. The zero-order valence-corrected chi connectivity index (χ0v) is 13.9. The van der Waals surface area contributed by atoms with Gasteiger partial charge in [-0.1, -0.05) is 0 Å². The van der Waals surface area contributed by atoms with Gasteiger partial charge >= 0.3 is 5.97 Å². The molecule has 0 unspecified atom stereocenters. The van der Waals surface area contributed by atoms with Gasteiger partial charge in [-0.3, -0.25) is 14.9 Å². The molecule has 0 aromatic heterocycles. The maximum atomic E-state index is 13.2. The number of non-ortho nitro benzene ring substituents is 1. The molecule has 2 N–H and O–H groups in total. The summed E-state index contributed by atoms with van der Waals surface area (Å²) in [6, 6.07) is 4.18. The van der Waals surface area contributed by atoms with Crippen molar-refractivity contribution in [1.82, 2.24) is 5.32 Å². The SMILES string of the molecule is COc1ccc([N+](=O)[O-])cc1C[C@H](NC(=O)c1cc(F)cc(F)c1)C(=O)O. The highest BCUT2D eigenvalue weighted by atomic mass is 19.1. The Morgan fingerprint density at radius 3 is 2.37 bits per heavy atom. The second-order valence-corrected chi connectivity index (χ2v) is 5.48. The number of aliphatic carboxylic acids is 1. The number of carbonyl (C=O) groups excluding carboxylic acids is 1. The Balaban J connectivity index is 2.28. The van der Waals surface area contributed by atoms with Gasteiger partial charge in [0, 0.05) is 35.7 Å². The summed E-state index contributed by atoms with van der Waals surface area (Å²) in [7, 11) is 1.30. The van der Waals surface area contributed by atoms with E-state index >= 15 is 0 Å². The topological polar surface area (TPSA) is 119 Å². The maximum Gasteiger partial charge on any atom is 0.326 e. The number of carboxylic acid groups (broad SMARTS) is 1. The van der Waals surface area contributed by atoms with Crippen molar-refractivity contribution in [3.63, 3.8) is 0 Å². The van der Waals surface area contributed by atoms with Crippen molar-refractivity contribution in [1.29, 1.82) is 0 Å². The number of halogens is 2. The number of methoxy groups -OCH3 is 1. The molecule has 10 heteroatoms. The van der Waals surface area contributed by atoms with Crippen LogP contribution in [0.5, 0.6) is 5.75 Å². The van der Waals surface area contributed by atoms with Gasteiger partial charge in [0.1, 0.15) is 23.4 Å². The van der Waals surface area contributed by atoms with Crippen LogP contribution in [0.15, 0.2) is 36.4 Å². The fourth-order valence-electron chi connectivity index (χ4n) is 2.38. The molecular weight excluding hydrogens is 366 g/mol. The number of nitro groups is 1. The average Bonchev–Trinajstić information content (AvgIpc) is 2.59. The molecule has 27 heavy (non-hydrogen) atoms. The summed E-state index contributed by atoms with van der Waals surface area (Å²) in [6.07, 6.45) is -0.344. The van der Waals surface area contributed by atoms with Crippen LogP contribution in [0.2, 0.25) is 0 Å². The zero-order chi connectivity index (χ0) is 20.1. The largest absolute Gasteiger partial charge is 0.496 e. The number of benzene rings is 2. The van der Waals surface area contributed by atoms with Crippen molar-refractivity contribution in [2.24, 2.45) is 0 Å². The molecule has 2 aromatic carbocycles. The molecule has 0 saturated heterocycles. The van der Waals surface area contributed by atoms with Crippen LogP contribution in [0, 0.1) is 21.7 Å². The number of carbonyl (C=O) groups is 2. The van der Waals surface area contributed by atoms with Crippen LogP contribution in [0.25, 0.3) is 0 Å². The molecule has 0 saturated carbocycles. The van der Waals surface area contributed by atoms with E-state index in [1.807, 2.05) is 0 Å². The fourth-order valence-corrected chi connectivity index (χ4v) is 2.38. The molecule has 8 nitrogen and oxygen atoms in total. The van der Waals surface area contributed by atoms with E-state index in [1.165, 1.54) is 19.2 Å². The van der Waals surface area contributed by atoms with E-state index in [-0.39, 0.29) is 23.4 Å². The van der Waals surface area contributed by atoms with Gasteiger partial charge in [0.2, 0.25) is 0 Å². The molecule has 2 rings (SSSR count). The monoisotopic (exact) mass is 380 g/mol. The van der Waals surface area contributed by atoms with Crippen LogP contribution < -0.4 is 10.1 Å². The van der Waals surface area contributed by atoms with Crippen LogP contribution in [-0.2, 0) is 11.2 Å². The van der Waals surface area contributed by atoms with E-state index < -0.39 is 40.0 Å². The smallest absolute Gasteiger partial charge is 0.326 e. The van der Waals surface area contributed by atoms with Gasteiger partial charge in [-0.05, 0) is 18.2 Å². The Morgan fingerprint density at radius 1 is 1.22 bits per heavy atom. The van der Waals surface area contributed by atoms with Gasteiger partial charge in [-0.15, -0.1) is 0 Å². The number of rotatable bonds is 7. The first-order valence-electron chi connectivity index (χ1n) is 7.52. The lowest BCUT2D eigenvalue weighted by Gasteiger charge is -2.16. The van der Waals surface area contributed by atoms with Gasteiger partial charge < -0.3 is 15.2 Å². The number of nitrogens with zero attached hydrogens (tertiary/aromatic N) is 1. The predicted octanol–water partition coefficient (Wildman–Crippen LogP) is 2.31. The minimum atomic E-state index is -1.51. The summed E-state index contributed by atoms with van der Waals surface area (Å²) in [4.78, 5) is 33.9. The van der Waals surface area contributed by atoms with Crippen LogP contribution in [0.4, 0.5) is 14.5 Å². The summed E-state index contributed by atoms with van der Waals surface area (Å²) in [5, 5.41) is 22.4. The molecule has 1 amide bonds. The third kappa shape index (κ3) is 4.97. The van der Waals surface area contributed by atoms with E-state index in [0.717, 1.165) is 18.2 Å². The third-order valence-electron chi connectivity index (χ3n) is 3.63. The molecule has 2 aromatic rings. The highest BCUT2D eigenvalue weighted by Crippen LogP contribution is 2.25. The van der Waals surface area contributed by atoms with E-state index in [1.54, 1.807) is 0 Å². The molecular formula is C17H14F2N2O6. The number of nitrogens with one attached hydrogen (secondary N) is 1. The number of amides is 1. The first kappa shape index (κ1) is 19.8. The van der Waals surface area contributed by atoms with Crippen LogP contribution >= 0.6 is 0 Å². The van der Waals surface area contributed by atoms with Crippen molar-refractivity contribution in [2.45, 2.75) is 12.5 Å². The highest BCUT2D eigenvalue weighted by Gasteiger charge is 2.24. The van der Waals surface area contributed by atoms with E-state index in [4.69, 9.17) is 4.74 Å². The molecule has 1 atom stereocenters. The van der Waals surface area contributed by atoms with Gasteiger partial charge in [0.05, 0.1) is 12.0 Å². The Hall–Kier alpha value is -3.56. The van der Waals surface area contributed by atoms with Crippen molar-refractivity contribution >= 4 is 17.6 Å². The number of hydrogen-bond acceptors (Lipinski definition) is 5. The Kier molecular flexibility index (Phi) is 6.01. The minimum Gasteiger partial charge on any atom is -0.496 e. The second kappa shape index (κ2) is 8.21. The normalized spacial score (nSPS) is 11.5. The van der Waals surface area contributed by atoms with Gasteiger partial charge in [-0.25, -0.2) is 13.6 Å². The summed E-state index contributed by atoms with van der Waals surface area (Å²) in [6.45, 7) is 0. The Bertz CT molecular complexity index is 883. The van der Waals surface area contributed by atoms with Crippen LogP contribution in [0.3, 0.4) is 0 Å². The lowest BCUT2D eigenvalue weighted by molar-refractivity contribution is -0.384. The second-order valence-electron chi connectivity index (χ2n) is 5.48. The first-order valence-corrected chi connectivity index (χ1v) is 7.52. The van der Waals surface area contributed by atoms with Gasteiger partial charge in [0.25, 0.3) is 11.6 Å². The number of ether oxygens (including phenoxy) is 1. The van der Waals surface area contributed by atoms with E-state index in [0.29, 0.717) is 6.07 Å². The van der Waals surface area contributed by atoms with E-state index in [2.05, 4.69) is 5.32 Å². The van der Waals surface area contributed by atoms with Crippen LogP contribution in [0.1, 0.15) is 15.9 Å². The zero-order valence-electron chi connectivity index (χ0n) is 13.9. The molecule has 0 bridgehead atoms. The quantitative estimate of drug-likeness (QED) is 0.562. The lowest BCUT2D eigenvalue weighted by Crippen LogP contribution is -2.42. The number of nitro benzene ring substituents is 1. The summed E-state index contributed by atoms with van der Waals surface area (Å²) in [5.41, 5.74) is -0.511. The minimum absolute atomic E-state index is 0.171. The Morgan fingerprint density at radius 2 is 1.85 bits per heavy atom. The fraction of sp³-hybridized carbons (Fsp3) is 0.176. The molecule has 0 aliphatic carbocycles. The first-order chi connectivity index (χ1) is 12.7. The van der Waals surface area contributed by atoms with Crippen molar-refractivity contribution in [3.8, 4) is 5.75 Å². The van der Waals surface area contributed by atoms with Gasteiger partial charge in [-0.2, -0.15) is 0 Å². The standard InChI is InChI=1S/C17H14F2N2O6/c1-27-15-3-2-13(21(25)26)6-9(15)7-14(17(23)24)20-16(22)10-4-11(18)8-12(19)5-10/h2-6,8,14H,7H2,1H3,(H,20,22)(H,23,24)/t14-/m0/s1. The van der Waals surface area contributed by atoms with E-state index in [9.17, 15) is 33.6 Å². The van der Waals surface area contributed by atoms with Crippen LogP contribution in [-0.4, -0.2) is 35.1 Å². The molecule has 142 valence electrons. The molecule has 0 fully saturated rings. The molecule has 0 aliphatic rings. The third-order valence-corrected chi connectivity index (χ3v) is 3.63. The predicted molar refractivity (Wildman–Crippen MR) is 88.6 cm³/mol. The average molecular weight is 380 g/mol. The maximum absolute atomic E-state index is 13.2. The summed E-state index contributed by atoms with van der Waals surface area (Å²) >= 11 is 0. The summed E-state index contributed by atoms with van der Waals surface area (Å²) in [5.74, 6) is -4.24. The number of hydrogen-bond donors (Lipinski definition) is 2. The molecule has 0 aliphatic heterocycles. The highest BCUT2D eigenvalue weighted by molar-refractivity contribution is 5.96. The Labute approximate surface area is 151 Å². The lowest BCUT2D eigenvalue weighted by atomic mass is 10.0. The number of carboxylic acids is 1. The van der Waals surface area contributed by atoms with Crippen molar-refractivity contribution in [3.05, 3.63) is 69.3 Å². The van der Waals surface area contributed by atoms with Crippen molar-refractivity contribution < 1.29 is 33.1 Å². The van der Waals surface area contributed by atoms with Gasteiger partial charge in [0.15, 0.2) is 0 Å². The van der Waals surface area contributed by atoms with Crippen molar-refractivity contribution in [2.75, 3.05) is 7.11 Å². The summed E-state index contributed by atoms with van der Waals surface area (Å²) < 4.78 is 31.5. The molecule has 0 spiro atoms. The molecule has 0 heterocycles.